The van der Waals surface area contributed by atoms with E-state index in [4.69, 9.17) is 14.2 Å². The molecule has 1 aliphatic rings. The molecule has 5 heteroatoms. The number of rotatable bonds is 2. The quantitative estimate of drug-likeness (QED) is 0.551. The van der Waals surface area contributed by atoms with Crippen LogP contribution in [0.3, 0.4) is 0 Å². The van der Waals surface area contributed by atoms with Crippen molar-refractivity contribution in [1.82, 2.24) is 0 Å². The Balaban J connectivity index is 2.56. The molecule has 0 saturated carbocycles. The van der Waals surface area contributed by atoms with Crippen LogP contribution in [0.5, 0.6) is 0 Å². The lowest BCUT2D eigenvalue weighted by molar-refractivity contribution is -0.266. The Morgan fingerprint density at radius 1 is 1.25 bits per heavy atom. The molecule has 0 aromatic carbocycles. The molecule has 4 atom stereocenters. The third kappa shape index (κ3) is 1.75. The Morgan fingerprint density at radius 3 is 2.42 bits per heavy atom. The highest BCUT2D eigenvalue weighted by atomic mass is 16.7. The number of aliphatic hydroxyl groups excluding tert-OH is 2. The van der Waals surface area contributed by atoms with Crippen molar-refractivity contribution in [2.24, 2.45) is 0 Å². The van der Waals surface area contributed by atoms with Gasteiger partial charge in [-0.15, -0.1) is 0 Å². The maximum atomic E-state index is 9.46. The fourth-order valence-electron chi connectivity index (χ4n) is 1.27. The number of hydrogen-bond donors (Lipinski definition) is 2. The minimum absolute atomic E-state index is 0.119. The van der Waals surface area contributed by atoms with Gasteiger partial charge in [-0.2, -0.15) is 0 Å². The van der Waals surface area contributed by atoms with Crippen molar-refractivity contribution in [1.29, 1.82) is 0 Å². The molecule has 0 aromatic rings. The highest BCUT2D eigenvalue weighted by molar-refractivity contribution is 4.83. The number of methoxy groups -OCH3 is 2. The van der Waals surface area contributed by atoms with Gasteiger partial charge in [0.05, 0.1) is 6.61 Å². The van der Waals surface area contributed by atoms with Crippen molar-refractivity contribution >= 4 is 0 Å². The average molecular weight is 178 g/mol. The molecule has 72 valence electrons. The van der Waals surface area contributed by atoms with Crippen LogP contribution in [0.2, 0.25) is 0 Å². The van der Waals surface area contributed by atoms with Crippen LogP contribution in [0, 0.1) is 0 Å². The van der Waals surface area contributed by atoms with Crippen LogP contribution in [0.15, 0.2) is 0 Å². The van der Waals surface area contributed by atoms with Crippen LogP contribution in [-0.4, -0.2) is 55.6 Å². The second-order valence-electron chi connectivity index (χ2n) is 2.70. The first kappa shape index (κ1) is 9.88. The van der Waals surface area contributed by atoms with Crippen LogP contribution < -0.4 is 0 Å². The SMILES string of the molecule is COC1OCC(O)C(OC)C1O. The molecule has 1 heterocycles. The third-order valence-corrected chi connectivity index (χ3v) is 1.93. The summed E-state index contributed by atoms with van der Waals surface area (Å²) in [7, 11) is 2.85. The smallest absolute Gasteiger partial charge is 0.185 e. The van der Waals surface area contributed by atoms with Gasteiger partial charge < -0.3 is 24.4 Å². The molecule has 12 heavy (non-hydrogen) atoms. The van der Waals surface area contributed by atoms with Crippen LogP contribution in [0.25, 0.3) is 0 Å². The molecule has 1 saturated heterocycles. The number of ether oxygens (including phenoxy) is 3. The van der Waals surface area contributed by atoms with Crippen LogP contribution >= 0.6 is 0 Å². The van der Waals surface area contributed by atoms with E-state index in [0.717, 1.165) is 0 Å². The predicted molar refractivity (Wildman–Crippen MR) is 39.6 cm³/mol. The van der Waals surface area contributed by atoms with E-state index in [9.17, 15) is 10.2 Å². The highest BCUT2D eigenvalue weighted by Crippen LogP contribution is 2.17. The Labute approximate surface area is 70.9 Å². The number of aliphatic hydroxyl groups is 2. The molecule has 1 aliphatic heterocycles. The summed E-state index contributed by atoms with van der Waals surface area (Å²) < 4.78 is 14.7. The van der Waals surface area contributed by atoms with Crippen LogP contribution in [0.1, 0.15) is 0 Å². The van der Waals surface area contributed by atoms with Crippen molar-refractivity contribution in [3.63, 3.8) is 0 Å². The maximum absolute atomic E-state index is 9.46. The molecule has 2 N–H and O–H groups in total. The Kier molecular flexibility index (Phi) is 3.42. The summed E-state index contributed by atoms with van der Waals surface area (Å²) >= 11 is 0. The zero-order valence-corrected chi connectivity index (χ0v) is 7.14. The Morgan fingerprint density at radius 2 is 1.92 bits per heavy atom. The first-order chi connectivity index (χ1) is 5.70. The summed E-state index contributed by atoms with van der Waals surface area (Å²) in [5.41, 5.74) is 0. The van der Waals surface area contributed by atoms with E-state index in [2.05, 4.69) is 0 Å². The number of hydrogen-bond acceptors (Lipinski definition) is 5. The Hall–Kier alpha value is -0.200. The van der Waals surface area contributed by atoms with Gasteiger partial charge in [0.1, 0.15) is 18.3 Å². The van der Waals surface area contributed by atoms with Crippen molar-refractivity contribution in [3.05, 3.63) is 0 Å². The van der Waals surface area contributed by atoms with Crippen LogP contribution in [-0.2, 0) is 14.2 Å². The van der Waals surface area contributed by atoms with Gasteiger partial charge in [0.15, 0.2) is 6.29 Å². The van der Waals surface area contributed by atoms with Gasteiger partial charge in [0.2, 0.25) is 0 Å². The van der Waals surface area contributed by atoms with Gasteiger partial charge in [-0.1, -0.05) is 0 Å². The molecule has 1 fully saturated rings. The average Bonchev–Trinajstić information content (AvgIpc) is 2.06. The largest absolute Gasteiger partial charge is 0.388 e. The Bertz CT molecular complexity index is 140. The van der Waals surface area contributed by atoms with Gasteiger partial charge >= 0.3 is 0 Å². The maximum Gasteiger partial charge on any atom is 0.185 e. The second-order valence-corrected chi connectivity index (χ2v) is 2.70. The van der Waals surface area contributed by atoms with Crippen molar-refractivity contribution < 1.29 is 24.4 Å². The highest BCUT2D eigenvalue weighted by Gasteiger charge is 2.38. The van der Waals surface area contributed by atoms with Gasteiger partial charge in [0.25, 0.3) is 0 Å². The van der Waals surface area contributed by atoms with Crippen molar-refractivity contribution in [2.75, 3.05) is 20.8 Å². The summed E-state index contributed by atoms with van der Waals surface area (Å²) in [6.45, 7) is 0.119. The second kappa shape index (κ2) is 4.15. The molecule has 0 amide bonds. The van der Waals surface area contributed by atoms with E-state index in [-0.39, 0.29) is 6.61 Å². The van der Waals surface area contributed by atoms with E-state index in [1.807, 2.05) is 0 Å². The topological polar surface area (TPSA) is 68.2 Å². The van der Waals surface area contributed by atoms with Gasteiger partial charge in [0, 0.05) is 14.2 Å². The zero-order chi connectivity index (χ0) is 9.14. The molecule has 4 unspecified atom stereocenters. The molecule has 1 rings (SSSR count). The summed E-state index contributed by atoms with van der Waals surface area (Å²) in [5, 5.41) is 18.8. The standard InChI is InChI=1S/C7H14O5/c1-10-6-4(8)3-12-7(11-2)5(6)9/h4-9H,3H2,1-2H3. The van der Waals surface area contributed by atoms with Crippen LogP contribution in [0.4, 0.5) is 0 Å². The molecule has 0 bridgehead atoms. The molecule has 5 nitrogen and oxygen atoms in total. The lowest BCUT2D eigenvalue weighted by Gasteiger charge is -2.36. The van der Waals surface area contributed by atoms with E-state index >= 15 is 0 Å². The summed E-state index contributed by atoms with van der Waals surface area (Å²) in [4.78, 5) is 0. The lowest BCUT2D eigenvalue weighted by atomic mass is 10.1. The molecule has 0 radical (unpaired) electrons. The van der Waals surface area contributed by atoms with Gasteiger partial charge in [-0.05, 0) is 0 Å². The summed E-state index contributed by atoms with van der Waals surface area (Å²) in [6, 6.07) is 0. The van der Waals surface area contributed by atoms with Gasteiger partial charge in [-0.25, -0.2) is 0 Å². The molecular formula is C7H14O5. The van der Waals surface area contributed by atoms with E-state index < -0.39 is 24.6 Å². The van der Waals surface area contributed by atoms with E-state index in [0.29, 0.717) is 0 Å². The lowest BCUT2D eigenvalue weighted by Crippen LogP contribution is -2.54. The molecule has 0 aliphatic carbocycles. The zero-order valence-electron chi connectivity index (χ0n) is 7.14. The first-order valence-corrected chi connectivity index (χ1v) is 3.74. The predicted octanol–water partition coefficient (Wildman–Crippen LogP) is -1.27. The molecule has 0 aromatic heterocycles. The van der Waals surface area contributed by atoms with E-state index in [1.54, 1.807) is 0 Å². The molecule has 0 spiro atoms. The van der Waals surface area contributed by atoms with E-state index in [1.165, 1.54) is 14.2 Å². The first-order valence-electron chi connectivity index (χ1n) is 3.74. The fourth-order valence-corrected chi connectivity index (χ4v) is 1.27. The minimum Gasteiger partial charge on any atom is -0.388 e. The van der Waals surface area contributed by atoms with Crippen molar-refractivity contribution in [3.8, 4) is 0 Å². The van der Waals surface area contributed by atoms with Crippen molar-refractivity contribution in [2.45, 2.75) is 24.6 Å². The minimum atomic E-state index is -0.941. The summed E-state index contributed by atoms with van der Waals surface area (Å²) in [6.07, 6.45) is -3.08. The summed E-state index contributed by atoms with van der Waals surface area (Å²) in [5.74, 6) is 0. The monoisotopic (exact) mass is 178 g/mol. The molecular weight excluding hydrogens is 164 g/mol. The van der Waals surface area contributed by atoms with Gasteiger partial charge in [-0.3, -0.25) is 0 Å². The third-order valence-electron chi connectivity index (χ3n) is 1.93. The fraction of sp³-hybridized carbons (Fsp3) is 1.00. The normalized spacial score (nSPS) is 43.0.